The largest absolute Gasteiger partial charge is 0.465 e. The topological polar surface area (TPSA) is 91.6 Å². The zero-order valence-electron chi connectivity index (χ0n) is 10.8. The van der Waals surface area contributed by atoms with Gasteiger partial charge in [-0.25, -0.2) is 14.2 Å². The van der Waals surface area contributed by atoms with Crippen LogP contribution in [0.2, 0.25) is 0 Å². The molecule has 0 aliphatic rings. The lowest BCUT2D eigenvalue weighted by Crippen LogP contribution is -2.02. The summed E-state index contributed by atoms with van der Waals surface area (Å²) in [6, 6.07) is 5.53. The van der Waals surface area contributed by atoms with Crippen LogP contribution in [-0.4, -0.2) is 23.0 Å². The summed E-state index contributed by atoms with van der Waals surface area (Å²) < 4.78 is 22.8. The Bertz CT molecular complexity index is 705. The van der Waals surface area contributed by atoms with Gasteiger partial charge in [-0.05, 0) is 18.2 Å². The number of methoxy groups -OCH3 is 1. The maximum absolute atomic E-state index is 13.0. The Morgan fingerprint density at radius 2 is 2.10 bits per heavy atom. The molecule has 0 bridgehead atoms. The van der Waals surface area contributed by atoms with Crippen LogP contribution in [-0.2, 0) is 4.74 Å². The molecule has 0 unspecified atom stereocenters. The van der Waals surface area contributed by atoms with Crippen molar-refractivity contribution in [2.75, 3.05) is 7.11 Å². The van der Waals surface area contributed by atoms with E-state index in [1.54, 1.807) is 0 Å². The van der Waals surface area contributed by atoms with Gasteiger partial charge < -0.3 is 9.47 Å². The van der Waals surface area contributed by atoms with Gasteiger partial charge in [-0.15, -0.1) is 0 Å². The van der Waals surface area contributed by atoms with Crippen molar-refractivity contribution in [3.8, 4) is 11.6 Å². The van der Waals surface area contributed by atoms with E-state index in [2.05, 4.69) is 9.72 Å². The van der Waals surface area contributed by atoms with E-state index in [1.807, 2.05) is 0 Å². The molecule has 0 saturated heterocycles. The van der Waals surface area contributed by atoms with E-state index in [1.165, 1.54) is 25.4 Å². The molecule has 0 aliphatic carbocycles. The minimum atomic E-state index is -0.775. The lowest BCUT2D eigenvalue weighted by Gasteiger charge is -2.06. The van der Waals surface area contributed by atoms with Crippen molar-refractivity contribution in [2.24, 2.45) is 0 Å². The molecular formula is C13H9FN2O5. The molecule has 1 aromatic heterocycles. The van der Waals surface area contributed by atoms with Crippen LogP contribution < -0.4 is 4.74 Å². The lowest BCUT2D eigenvalue weighted by molar-refractivity contribution is -0.385. The Hall–Kier alpha value is -3.03. The number of rotatable bonds is 4. The molecule has 1 aromatic carbocycles. The van der Waals surface area contributed by atoms with E-state index in [0.717, 1.165) is 18.2 Å². The summed E-state index contributed by atoms with van der Waals surface area (Å²) in [4.78, 5) is 25.3. The minimum absolute atomic E-state index is 0.0485. The van der Waals surface area contributed by atoms with Gasteiger partial charge in [0.25, 0.3) is 0 Å². The van der Waals surface area contributed by atoms with Gasteiger partial charge in [0.05, 0.1) is 23.7 Å². The van der Waals surface area contributed by atoms with Crippen LogP contribution in [0.15, 0.2) is 36.5 Å². The quantitative estimate of drug-likeness (QED) is 0.488. The lowest BCUT2D eigenvalue weighted by atomic mass is 10.2. The number of pyridine rings is 1. The van der Waals surface area contributed by atoms with Crippen LogP contribution in [0.5, 0.6) is 11.6 Å². The number of ether oxygens (including phenoxy) is 2. The van der Waals surface area contributed by atoms with Gasteiger partial charge in [0.1, 0.15) is 5.82 Å². The number of nitro groups is 1. The highest BCUT2D eigenvalue weighted by Crippen LogP contribution is 2.31. The molecule has 8 heteroatoms. The van der Waals surface area contributed by atoms with E-state index in [4.69, 9.17) is 4.74 Å². The number of esters is 1. The molecule has 0 fully saturated rings. The predicted octanol–water partition coefficient (Wildman–Crippen LogP) is 2.71. The molecule has 0 saturated carbocycles. The second-order valence-corrected chi connectivity index (χ2v) is 3.85. The van der Waals surface area contributed by atoms with E-state index in [0.29, 0.717) is 0 Å². The summed E-state index contributed by atoms with van der Waals surface area (Å²) in [5.41, 5.74) is -0.368. The van der Waals surface area contributed by atoms with Gasteiger partial charge in [0.2, 0.25) is 11.6 Å². The molecule has 1 heterocycles. The Morgan fingerprint density at radius 3 is 2.76 bits per heavy atom. The molecule has 21 heavy (non-hydrogen) atoms. The van der Waals surface area contributed by atoms with Crippen molar-refractivity contribution >= 4 is 11.7 Å². The molecule has 108 valence electrons. The summed E-state index contributed by atoms with van der Waals surface area (Å²) in [6.45, 7) is 0. The molecule has 2 rings (SSSR count). The molecular weight excluding hydrogens is 283 g/mol. The van der Waals surface area contributed by atoms with Crippen LogP contribution >= 0.6 is 0 Å². The average Bonchev–Trinajstić information content (AvgIpc) is 2.48. The zero-order chi connectivity index (χ0) is 15.4. The Kier molecular flexibility index (Phi) is 4.07. The highest BCUT2D eigenvalue weighted by molar-refractivity contribution is 5.89. The highest BCUT2D eigenvalue weighted by atomic mass is 19.1. The van der Waals surface area contributed by atoms with Crippen molar-refractivity contribution in [1.29, 1.82) is 0 Å². The van der Waals surface area contributed by atoms with E-state index >= 15 is 0 Å². The van der Waals surface area contributed by atoms with Gasteiger partial charge in [0, 0.05) is 12.3 Å². The SMILES string of the molecule is COC(=O)c1ccnc(Oc2ccc(F)cc2[N+](=O)[O-])c1. The van der Waals surface area contributed by atoms with E-state index in [-0.39, 0.29) is 17.2 Å². The summed E-state index contributed by atoms with van der Waals surface area (Å²) in [7, 11) is 1.22. The predicted molar refractivity (Wildman–Crippen MR) is 68.7 cm³/mol. The Labute approximate surface area is 118 Å². The Balaban J connectivity index is 2.34. The maximum Gasteiger partial charge on any atom is 0.338 e. The normalized spacial score (nSPS) is 10.0. The standard InChI is InChI=1S/C13H9FN2O5/c1-20-13(17)8-4-5-15-12(6-8)21-11-3-2-9(14)7-10(11)16(18)19/h2-7H,1H3. The molecule has 7 nitrogen and oxygen atoms in total. The molecule has 0 amide bonds. The van der Waals surface area contributed by atoms with Gasteiger partial charge >= 0.3 is 11.7 Å². The first-order valence-electron chi connectivity index (χ1n) is 5.67. The first kappa shape index (κ1) is 14.4. The summed E-state index contributed by atoms with van der Waals surface area (Å²) >= 11 is 0. The van der Waals surface area contributed by atoms with Gasteiger partial charge in [-0.3, -0.25) is 10.1 Å². The molecule has 0 N–H and O–H groups in total. The molecule has 0 atom stereocenters. The van der Waals surface area contributed by atoms with Crippen LogP contribution in [0, 0.1) is 15.9 Å². The third kappa shape index (κ3) is 3.30. The van der Waals surface area contributed by atoms with E-state index < -0.39 is 22.4 Å². The fraction of sp³-hybridized carbons (Fsp3) is 0.0769. The van der Waals surface area contributed by atoms with Gasteiger partial charge in [0.15, 0.2) is 0 Å². The van der Waals surface area contributed by atoms with Crippen molar-refractivity contribution in [3.05, 3.63) is 58.0 Å². The fourth-order valence-electron chi connectivity index (χ4n) is 1.54. The van der Waals surface area contributed by atoms with Crippen molar-refractivity contribution < 1.29 is 23.6 Å². The maximum atomic E-state index is 13.0. The van der Waals surface area contributed by atoms with Crippen molar-refractivity contribution in [3.63, 3.8) is 0 Å². The second-order valence-electron chi connectivity index (χ2n) is 3.85. The number of benzene rings is 1. The Morgan fingerprint density at radius 1 is 1.33 bits per heavy atom. The highest BCUT2D eigenvalue weighted by Gasteiger charge is 2.18. The third-order valence-electron chi connectivity index (χ3n) is 2.49. The summed E-state index contributed by atoms with van der Waals surface area (Å²) in [5, 5.41) is 10.9. The van der Waals surface area contributed by atoms with Crippen molar-refractivity contribution in [2.45, 2.75) is 0 Å². The monoisotopic (exact) mass is 292 g/mol. The number of aromatic nitrogens is 1. The third-order valence-corrected chi connectivity index (χ3v) is 2.49. The molecule has 2 aromatic rings. The first-order valence-corrected chi connectivity index (χ1v) is 5.67. The number of carbonyl (C=O) groups excluding carboxylic acids is 1. The van der Waals surface area contributed by atoms with Crippen LogP contribution in [0.4, 0.5) is 10.1 Å². The minimum Gasteiger partial charge on any atom is -0.465 e. The summed E-state index contributed by atoms with van der Waals surface area (Å²) in [5.74, 6) is -1.59. The van der Waals surface area contributed by atoms with Crippen molar-refractivity contribution in [1.82, 2.24) is 4.98 Å². The number of hydrogen-bond acceptors (Lipinski definition) is 6. The first-order chi connectivity index (χ1) is 10.0. The smallest absolute Gasteiger partial charge is 0.338 e. The average molecular weight is 292 g/mol. The number of carbonyl (C=O) groups is 1. The van der Waals surface area contributed by atoms with Gasteiger partial charge in [-0.2, -0.15) is 0 Å². The summed E-state index contributed by atoms with van der Waals surface area (Å²) in [6.07, 6.45) is 1.29. The molecule has 0 radical (unpaired) electrons. The van der Waals surface area contributed by atoms with Gasteiger partial charge in [-0.1, -0.05) is 0 Å². The number of halogens is 1. The van der Waals surface area contributed by atoms with Crippen LogP contribution in [0.1, 0.15) is 10.4 Å². The van der Waals surface area contributed by atoms with Crippen LogP contribution in [0.3, 0.4) is 0 Å². The number of nitro benzene ring substituents is 1. The molecule has 0 aliphatic heterocycles. The fourth-order valence-corrected chi connectivity index (χ4v) is 1.54. The number of hydrogen-bond donors (Lipinski definition) is 0. The number of nitrogens with zero attached hydrogens (tertiary/aromatic N) is 2. The second kappa shape index (κ2) is 5.95. The van der Waals surface area contributed by atoms with Crippen LogP contribution in [0.25, 0.3) is 0 Å². The molecule has 0 spiro atoms. The van der Waals surface area contributed by atoms with E-state index in [9.17, 15) is 19.3 Å². The zero-order valence-corrected chi connectivity index (χ0v) is 10.8.